The molecule has 32 heavy (non-hydrogen) atoms. The van der Waals surface area contributed by atoms with Gasteiger partial charge in [-0.1, -0.05) is 0 Å². The summed E-state index contributed by atoms with van der Waals surface area (Å²) in [6, 6.07) is 11.8. The van der Waals surface area contributed by atoms with Crippen LogP contribution in [0.15, 0.2) is 48.5 Å². The Hall–Kier alpha value is -2.62. The van der Waals surface area contributed by atoms with Crippen LogP contribution >= 0.6 is 12.2 Å². The molecule has 0 bridgehead atoms. The van der Waals surface area contributed by atoms with Crippen molar-refractivity contribution in [2.24, 2.45) is 0 Å². The predicted molar refractivity (Wildman–Crippen MR) is 123 cm³/mol. The molecule has 0 spiro atoms. The van der Waals surface area contributed by atoms with Crippen molar-refractivity contribution in [3.63, 3.8) is 0 Å². The quantitative estimate of drug-likeness (QED) is 0.709. The number of benzene rings is 2. The van der Waals surface area contributed by atoms with Gasteiger partial charge in [0, 0.05) is 57.1 Å². The van der Waals surface area contributed by atoms with Crippen molar-refractivity contribution in [1.82, 2.24) is 14.7 Å². The van der Waals surface area contributed by atoms with Gasteiger partial charge < -0.3 is 19.9 Å². The van der Waals surface area contributed by atoms with E-state index in [1.165, 1.54) is 36.4 Å². The number of nitrogens with zero attached hydrogens (tertiary/aromatic N) is 3. The minimum Gasteiger partial charge on any atom is -0.373 e. The Morgan fingerprint density at radius 2 is 1.56 bits per heavy atom. The molecule has 1 N–H and O–H groups in total. The lowest BCUT2D eigenvalue weighted by atomic mass is 10.1. The zero-order chi connectivity index (χ0) is 22.5. The number of anilines is 1. The Balaban J connectivity index is 1.24. The molecule has 1 unspecified atom stereocenters. The molecule has 0 saturated carbocycles. The van der Waals surface area contributed by atoms with E-state index in [-0.39, 0.29) is 23.6 Å². The van der Waals surface area contributed by atoms with Gasteiger partial charge in [-0.15, -0.1) is 0 Å². The number of carbonyl (C=O) groups is 1. The third-order valence-corrected chi connectivity index (χ3v) is 6.09. The minimum absolute atomic E-state index is 0.0102. The molecule has 2 aliphatic heterocycles. The van der Waals surface area contributed by atoms with Crippen LogP contribution in [0.25, 0.3) is 0 Å². The first-order valence-electron chi connectivity index (χ1n) is 10.7. The summed E-state index contributed by atoms with van der Waals surface area (Å²) in [6.45, 7) is 5.46. The highest BCUT2D eigenvalue weighted by Crippen LogP contribution is 2.15. The number of carbonyl (C=O) groups excluding carboxylic acids is 1. The smallest absolute Gasteiger partial charge is 0.253 e. The van der Waals surface area contributed by atoms with Crippen LogP contribution < -0.4 is 5.32 Å². The van der Waals surface area contributed by atoms with Crippen molar-refractivity contribution in [2.75, 3.05) is 57.7 Å². The average molecular weight is 461 g/mol. The number of nitrogens with one attached hydrogen (secondary N) is 1. The summed E-state index contributed by atoms with van der Waals surface area (Å²) in [5.41, 5.74) is 1.26. The summed E-state index contributed by atoms with van der Waals surface area (Å²) < 4.78 is 32.1. The number of amides is 1. The van der Waals surface area contributed by atoms with Crippen molar-refractivity contribution >= 4 is 28.9 Å². The normalized spacial score (nSPS) is 19.6. The van der Waals surface area contributed by atoms with Crippen LogP contribution in [0.1, 0.15) is 10.4 Å². The van der Waals surface area contributed by atoms with Gasteiger partial charge in [-0.05, 0) is 60.7 Å². The summed E-state index contributed by atoms with van der Waals surface area (Å²) >= 11 is 5.53. The molecule has 2 heterocycles. The summed E-state index contributed by atoms with van der Waals surface area (Å²) in [4.78, 5) is 18.8. The Morgan fingerprint density at radius 1 is 0.938 bits per heavy atom. The van der Waals surface area contributed by atoms with Crippen LogP contribution in [0.2, 0.25) is 0 Å². The first-order chi connectivity index (χ1) is 15.5. The highest BCUT2D eigenvalue weighted by Gasteiger charge is 2.27. The fourth-order valence-corrected chi connectivity index (χ4v) is 4.23. The van der Waals surface area contributed by atoms with Crippen LogP contribution in [-0.4, -0.2) is 84.2 Å². The molecule has 2 aromatic rings. The predicted octanol–water partition coefficient (Wildman–Crippen LogP) is 2.82. The van der Waals surface area contributed by atoms with Crippen molar-refractivity contribution in [3.05, 3.63) is 65.7 Å². The van der Waals surface area contributed by atoms with E-state index in [1.807, 2.05) is 0 Å². The van der Waals surface area contributed by atoms with Gasteiger partial charge in [0.25, 0.3) is 5.91 Å². The number of ether oxygens (including phenoxy) is 1. The molecule has 1 atom stereocenters. The summed E-state index contributed by atoms with van der Waals surface area (Å²) in [5, 5.41) is 3.75. The molecule has 1 amide bonds. The maximum atomic E-state index is 13.1. The number of halogens is 2. The zero-order valence-electron chi connectivity index (χ0n) is 17.7. The van der Waals surface area contributed by atoms with Gasteiger partial charge in [-0.25, -0.2) is 8.78 Å². The molecule has 2 saturated heterocycles. The number of piperazine rings is 1. The van der Waals surface area contributed by atoms with Crippen LogP contribution in [-0.2, 0) is 4.74 Å². The molecular formula is C23H26F2N4O2S. The van der Waals surface area contributed by atoms with E-state index in [2.05, 4.69) is 15.1 Å². The van der Waals surface area contributed by atoms with Crippen molar-refractivity contribution in [2.45, 2.75) is 6.10 Å². The Labute approximate surface area is 191 Å². The number of morpholine rings is 1. The summed E-state index contributed by atoms with van der Waals surface area (Å²) in [7, 11) is 0. The first kappa shape index (κ1) is 22.6. The lowest BCUT2D eigenvalue weighted by Gasteiger charge is -2.40. The second-order valence-corrected chi connectivity index (χ2v) is 8.36. The fraction of sp³-hybridized carbons (Fsp3) is 0.391. The molecule has 2 fully saturated rings. The standard InChI is InChI=1S/C23H26F2N4O2S/c24-18-3-1-17(2-4-18)22(30)28-11-9-27(10-12-28)15-21-16-29(13-14-31-21)23(32)26-20-7-5-19(25)6-8-20/h1-8,21H,9-16H2,(H,26,32). The second-order valence-electron chi connectivity index (χ2n) is 7.98. The van der Waals surface area contributed by atoms with E-state index in [1.54, 1.807) is 17.0 Å². The highest BCUT2D eigenvalue weighted by atomic mass is 32.1. The van der Waals surface area contributed by atoms with Gasteiger partial charge in [0.1, 0.15) is 11.6 Å². The van der Waals surface area contributed by atoms with Crippen molar-refractivity contribution in [1.29, 1.82) is 0 Å². The Bertz CT molecular complexity index is 934. The first-order valence-corrected chi connectivity index (χ1v) is 11.1. The SMILES string of the molecule is O=C(c1ccc(F)cc1)N1CCN(CC2CN(C(=S)Nc3ccc(F)cc3)CCO2)CC1. The topological polar surface area (TPSA) is 48.1 Å². The molecule has 4 rings (SSSR count). The molecule has 2 aromatic carbocycles. The maximum absolute atomic E-state index is 13.1. The van der Waals surface area contributed by atoms with E-state index >= 15 is 0 Å². The highest BCUT2D eigenvalue weighted by molar-refractivity contribution is 7.80. The molecule has 0 aliphatic carbocycles. The summed E-state index contributed by atoms with van der Waals surface area (Å²) in [5.74, 6) is -0.699. The van der Waals surface area contributed by atoms with Gasteiger partial charge in [0.05, 0.1) is 12.7 Å². The number of hydrogen-bond donors (Lipinski definition) is 1. The number of hydrogen-bond acceptors (Lipinski definition) is 4. The average Bonchev–Trinajstić information content (AvgIpc) is 2.81. The van der Waals surface area contributed by atoms with E-state index in [0.717, 1.165) is 25.3 Å². The van der Waals surface area contributed by atoms with E-state index < -0.39 is 0 Å². The molecule has 2 aliphatic rings. The van der Waals surface area contributed by atoms with Gasteiger partial charge in [0.15, 0.2) is 5.11 Å². The van der Waals surface area contributed by atoms with E-state index in [4.69, 9.17) is 17.0 Å². The van der Waals surface area contributed by atoms with Crippen LogP contribution in [0.4, 0.5) is 14.5 Å². The monoisotopic (exact) mass is 460 g/mol. The Morgan fingerprint density at radius 3 is 2.22 bits per heavy atom. The van der Waals surface area contributed by atoms with E-state index in [9.17, 15) is 13.6 Å². The van der Waals surface area contributed by atoms with Gasteiger partial charge in [0.2, 0.25) is 0 Å². The lowest BCUT2D eigenvalue weighted by Crippen LogP contribution is -2.54. The largest absolute Gasteiger partial charge is 0.373 e. The molecular weight excluding hydrogens is 434 g/mol. The van der Waals surface area contributed by atoms with Crippen molar-refractivity contribution < 1.29 is 18.3 Å². The van der Waals surface area contributed by atoms with Crippen LogP contribution in [0.5, 0.6) is 0 Å². The van der Waals surface area contributed by atoms with Gasteiger partial charge in [-0.2, -0.15) is 0 Å². The third-order valence-electron chi connectivity index (χ3n) is 5.73. The third kappa shape index (κ3) is 5.79. The molecule has 0 aromatic heterocycles. The lowest BCUT2D eigenvalue weighted by molar-refractivity contribution is -0.0285. The van der Waals surface area contributed by atoms with Crippen molar-refractivity contribution in [3.8, 4) is 0 Å². The maximum Gasteiger partial charge on any atom is 0.253 e. The second kappa shape index (κ2) is 10.3. The molecule has 6 nitrogen and oxygen atoms in total. The molecule has 170 valence electrons. The Kier molecular flexibility index (Phi) is 7.29. The van der Waals surface area contributed by atoms with Gasteiger partial charge >= 0.3 is 0 Å². The van der Waals surface area contributed by atoms with Crippen LogP contribution in [0.3, 0.4) is 0 Å². The van der Waals surface area contributed by atoms with Gasteiger partial charge in [-0.3, -0.25) is 9.69 Å². The number of thiocarbonyl (C=S) groups is 1. The molecule has 9 heteroatoms. The van der Waals surface area contributed by atoms with Crippen LogP contribution in [0, 0.1) is 11.6 Å². The fourth-order valence-electron chi connectivity index (χ4n) is 3.95. The zero-order valence-corrected chi connectivity index (χ0v) is 18.5. The minimum atomic E-state index is -0.347. The summed E-state index contributed by atoms with van der Waals surface area (Å²) in [6.07, 6.45) is 0.0102. The molecule has 0 radical (unpaired) electrons. The van der Waals surface area contributed by atoms with E-state index in [0.29, 0.717) is 43.5 Å². The number of rotatable bonds is 4.